The molecule has 3 heterocycles. The van der Waals surface area contributed by atoms with E-state index < -0.39 is 5.97 Å². The lowest BCUT2D eigenvalue weighted by Crippen LogP contribution is -2.12. The van der Waals surface area contributed by atoms with Gasteiger partial charge < -0.3 is 14.8 Å². The fraction of sp³-hybridized carbons (Fsp3) is 0.417. The Labute approximate surface area is 103 Å². The maximum absolute atomic E-state index is 10.9. The summed E-state index contributed by atoms with van der Waals surface area (Å²) < 4.78 is 5.63. The number of rotatable bonds is 2. The Kier molecular flexibility index (Phi) is 2.71. The predicted octanol–water partition coefficient (Wildman–Crippen LogP) is 1.90. The molecule has 0 bridgehead atoms. The third-order valence-corrected chi connectivity index (χ3v) is 3.09. The lowest BCUT2D eigenvalue weighted by atomic mass is 10.1. The van der Waals surface area contributed by atoms with Gasteiger partial charge in [0.1, 0.15) is 11.9 Å². The molecule has 2 N–H and O–H groups in total. The van der Waals surface area contributed by atoms with Crippen molar-refractivity contribution in [2.75, 3.05) is 6.61 Å². The Balaban J connectivity index is 1.97. The SMILES string of the molecule is O=C(O)c1cnc2nc(C3CCCCO3)[nH]c2c1. The van der Waals surface area contributed by atoms with Crippen molar-refractivity contribution >= 4 is 17.1 Å². The van der Waals surface area contributed by atoms with Crippen LogP contribution in [0.1, 0.15) is 41.5 Å². The number of hydrogen-bond acceptors (Lipinski definition) is 4. The maximum Gasteiger partial charge on any atom is 0.337 e. The molecule has 94 valence electrons. The first-order chi connectivity index (χ1) is 8.74. The third-order valence-electron chi connectivity index (χ3n) is 3.09. The molecule has 1 fully saturated rings. The molecular weight excluding hydrogens is 234 g/mol. The molecule has 18 heavy (non-hydrogen) atoms. The average Bonchev–Trinajstić information content (AvgIpc) is 2.82. The van der Waals surface area contributed by atoms with Gasteiger partial charge in [0.05, 0.1) is 11.1 Å². The van der Waals surface area contributed by atoms with Crippen LogP contribution in [0.2, 0.25) is 0 Å². The van der Waals surface area contributed by atoms with E-state index >= 15 is 0 Å². The number of nitrogens with one attached hydrogen (secondary N) is 1. The number of aromatic carboxylic acids is 1. The van der Waals surface area contributed by atoms with Gasteiger partial charge in [0.15, 0.2) is 5.65 Å². The van der Waals surface area contributed by atoms with Gasteiger partial charge in [-0.1, -0.05) is 0 Å². The molecule has 1 atom stereocenters. The van der Waals surface area contributed by atoms with Gasteiger partial charge in [-0.3, -0.25) is 0 Å². The van der Waals surface area contributed by atoms with E-state index in [9.17, 15) is 4.79 Å². The van der Waals surface area contributed by atoms with Gasteiger partial charge in [-0.2, -0.15) is 0 Å². The Hall–Kier alpha value is -1.95. The Bertz CT molecular complexity index is 587. The fourth-order valence-corrected chi connectivity index (χ4v) is 2.14. The number of pyridine rings is 1. The minimum atomic E-state index is -0.991. The summed E-state index contributed by atoms with van der Waals surface area (Å²) in [5, 5.41) is 8.90. The fourth-order valence-electron chi connectivity index (χ4n) is 2.14. The van der Waals surface area contributed by atoms with Gasteiger partial charge in [0, 0.05) is 12.8 Å². The molecule has 2 aromatic rings. The van der Waals surface area contributed by atoms with E-state index in [1.807, 2.05) is 0 Å². The van der Waals surface area contributed by atoms with Gasteiger partial charge in [-0.05, 0) is 25.3 Å². The lowest BCUT2D eigenvalue weighted by molar-refractivity contribution is 0.0101. The number of nitrogens with zero attached hydrogens (tertiary/aromatic N) is 2. The van der Waals surface area contributed by atoms with Gasteiger partial charge in [-0.25, -0.2) is 14.8 Å². The molecule has 0 spiro atoms. The van der Waals surface area contributed by atoms with Crippen LogP contribution in [0.25, 0.3) is 11.2 Å². The number of carboxylic acid groups (broad SMARTS) is 1. The van der Waals surface area contributed by atoms with Crippen molar-refractivity contribution in [2.45, 2.75) is 25.4 Å². The van der Waals surface area contributed by atoms with Crippen LogP contribution in [0.3, 0.4) is 0 Å². The van der Waals surface area contributed by atoms with E-state index in [0.717, 1.165) is 31.7 Å². The number of fused-ring (bicyclic) bond motifs is 1. The predicted molar refractivity (Wildman–Crippen MR) is 63.4 cm³/mol. The van der Waals surface area contributed by atoms with Crippen LogP contribution in [-0.2, 0) is 4.74 Å². The van der Waals surface area contributed by atoms with Gasteiger partial charge in [-0.15, -0.1) is 0 Å². The number of imidazole rings is 1. The molecule has 0 aliphatic carbocycles. The molecule has 1 saturated heterocycles. The smallest absolute Gasteiger partial charge is 0.337 e. The lowest BCUT2D eigenvalue weighted by Gasteiger charge is -2.20. The summed E-state index contributed by atoms with van der Waals surface area (Å²) in [4.78, 5) is 22.3. The summed E-state index contributed by atoms with van der Waals surface area (Å²) in [6.45, 7) is 0.746. The first-order valence-electron chi connectivity index (χ1n) is 5.94. The zero-order valence-corrected chi connectivity index (χ0v) is 9.72. The van der Waals surface area contributed by atoms with Crippen molar-refractivity contribution in [3.63, 3.8) is 0 Å². The minimum Gasteiger partial charge on any atom is -0.478 e. The third kappa shape index (κ3) is 1.95. The number of carbonyl (C=O) groups is 1. The van der Waals surface area contributed by atoms with Crippen molar-refractivity contribution in [1.82, 2.24) is 15.0 Å². The summed E-state index contributed by atoms with van der Waals surface area (Å²) in [5.74, 6) is -0.255. The van der Waals surface area contributed by atoms with Crippen molar-refractivity contribution in [3.05, 3.63) is 23.7 Å². The summed E-state index contributed by atoms with van der Waals surface area (Å²) in [6.07, 6.45) is 4.43. The topological polar surface area (TPSA) is 88.1 Å². The van der Waals surface area contributed by atoms with Crippen molar-refractivity contribution in [1.29, 1.82) is 0 Å². The molecule has 6 heteroatoms. The van der Waals surface area contributed by atoms with E-state index in [0.29, 0.717) is 11.2 Å². The summed E-state index contributed by atoms with van der Waals surface area (Å²) >= 11 is 0. The largest absolute Gasteiger partial charge is 0.478 e. The van der Waals surface area contributed by atoms with Crippen LogP contribution in [0.15, 0.2) is 12.3 Å². The zero-order valence-electron chi connectivity index (χ0n) is 9.72. The summed E-state index contributed by atoms with van der Waals surface area (Å²) in [6, 6.07) is 1.55. The maximum atomic E-state index is 10.9. The summed E-state index contributed by atoms with van der Waals surface area (Å²) in [7, 11) is 0. The zero-order chi connectivity index (χ0) is 12.5. The van der Waals surface area contributed by atoms with E-state index in [4.69, 9.17) is 9.84 Å². The second-order valence-corrected chi connectivity index (χ2v) is 4.38. The number of hydrogen-bond donors (Lipinski definition) is 2. The molecule has 1 aliphatic rings. The molecule has 1 unspecified atom stereocenters. The highest BCUT2D eigenvalue weighted by Gasteiger charge is 2.20. The van der Waals surface area contributed by atoms with E-state index in [1.54, 1.807) is 6.07 Å². The Morgan fingerprint density at radius 2 is 2.39 bits per heavy atom. The first-order valence-corrected chi connectivity index (χ1v) is 5.94. The Morgan fingerprint density at radius 3 is 3.11 bits per heavy atom. The van der Waals surface area contributed by atoms with Crippen LogP contribution < -0.4 is 0 Å². The first kappa shape index (κ1) is 11.2. The number of carboxylic acids is 1. The van der Waals surface area contributed by atoms with Crippen LogP contribution in [0.4, 0.5) is 0 Å². The van der Waals surface area contributed by atoms with Crippen LogP contribution in [0, 0.1) is 0 Å². The van der Waals surface area contributed by atoms with Gasteiger partial charge in [0.25, 0.3) is 0 Å². The van der Waals surface area contributed by atoms with E-state index in [-0.39, 0.29) is 11.7 Å². The number of aromatic nitrogens is 3. The van der Waals surface area contributed by atoms with Crippen LogP contribution in [-0.4, -0.2) is 32.6 Å². The van der Waals surface area contributed by atoms with Gasteiger partial charge >= 0.3 is 5.97 Å². The molecule has 3 rings (SSSR count). The average molecular weight is 247 g/mol. The van der Waals surface area contributed by atoms with Gasteiger partial charge in [0.2, 0.25) is 0 Å². The highest BCUT2D eigenvalue weighted by molar-refractivity contribution is 5.90. The Morgan fingerprint density at radius 1 is 1.50 bits per heavy atom. The molecule has 6 nitrogen and oxygen atoms in total. The quantitative estimate of drug-likeness (QED) is 0.846. The summed E-state index contributed by atoms with van der Waals surface area (Å²) in [5.41, 5.74) is 1.32. The molecule has 1 aliphatic heterocycles. The second-order valence-electron chi connectivity index (χ2n) is 4.38. The normalized spacial score (nSPS) is 20.1. The number of H-pyrrole nitrogens is 1. The molecule has 0 amide bonds. The number of ether oxygens (including phenoxy) is 1. The molecule has 0 radical (unpaired) electrons. The monoisotopic (exact) mass is 247 g/mol. The molecular formula is C12H13N3O3. The molecule has 0 saturated carbocycles. The highest BCUT2D eigenvalue weighted by Crippen LogP contribution is 2.27. The van der Waals surface area contributed by atoms with Crippen molar-refractivity contribution in [3.8, 4) is 0 Å². The highest BCUT2D eigenvalue weighted by atomic mass is 16.5. The minimum absolute atomic E-state index is 0.0266. The van der Waals surface area contributed by atoms with E-state index in [1.165, 1.54) is 6.20 Å². The van der Waals surface area contributed by atoms with Crippen molar-refractivity contribution < 1.29 is 14.6 Å². The standard InChI is InChI=1S/C12H13N3O3/c16-12(17)7-5-8-10(13-6-7)15-11(14-8)9-3-1-2-4-18-9/h5-6,9H,1-4H2,(H,16,17)(H,13,14,15). The molecule has 2 aromatic heterocycles. The van der Waals surface area contributed by atoms with Crippen LogP contribution in [0.5, 0.6) is 0 Å². The van der Waals surface area contributed by atoms with Crippen LogP contribution >= 0.6 is 0 Å². The van der Waals surface area contributed by atoms with E-state index in [2.05, 4.69) is 15.0 Å². The molecule has 0 aromatic carbocycles. The van der Waals surface area contributed by atoms with Crippen molar-refractivity contribution in [2.24, 2.45) is 0 Å². The second kappa shape index (κ2) is 4.38. The number of aromatic amines is 1.